The monoisotopic (exact) mass is 378 g/mol. The van der Waals surface area contributed by atoms with Crippen LogP contribution in [0, 0.1) is 0 Å². The van der Waals surface area contributed by atoms with Crippen LogP contribution in [-0.2, 0) is 9.84 Å². The number of benzene rings is 1. The van der Waals surface area contributed by atoms with E-state index in [1.165, 1.54) is 0 Å². The summed E-state index contributed by atoms with van der Waals surface area (Å²) in [7, 11) is -2.87. The van der Waals surface area contributed by atoms with Crippen LogP contribution >= 0.6 is 0 Å². The van der Waals surface area contributed by atoms with Crippen molar-refractivity contribution in [2.24, 2.45) is 0 Å². The lowest BCUT2D eigenvalue weighted by atomic mass is 9.96. The standard InChI is InChI=1S/C19H26N2O4S/c1-13-14(2)25-18-16(13)4-3-5-17(18)19(22)21-9-7-20(8-10-21)15-6-11-26(23,24)12-15/h3-5,13-15H,6-12H2,1-2H3. The van der Waals surface area contributed by atoms with Gasteiger partial charge in [0.25, 0.3) is 5.91 Å². The molecule has 4 rings (SSSR count). The molecule has 7 heteroatoms. The number of amides is 1. The predicted molar refractivity (Wildman–Crippen MR) is 99.5 cm³/mol. The molecule has 1 aromatic rings. The van der Waals surface area contributed by atoms with Crippen molar-refractivity contribution in [3.63, 3.8) is 0 Å². The smallest absolute Gasteiger partial charge is 0.257 e. The zero-order valence-electron chi connectivity index (χ0n) is 15.3. The minimum atomic E-state index is -2.87. The van der Waals surface area contributed by atoms with Gasteiger partial charge in [-0.3, -0.25) is 9.69 Å². The summed E-state index contributed by atoms with van der Waals surface area (Å²) in [6, 6.07) is 5.94. The Morgan fingerprint density at radius 1 is 1.15 bits per heavy atom. The Balaban J connectivity index is 1.44. The average Bonchev–Trinajstić information content (AvgIpc) is 3.14. The van der Waals surface area contributed by atoms with Gasteiger partial charge in [-0.1, -0.05) is 19.1 Å². The van der Waals surface area contributed by atoms with Crippen molar-refractivity contribution < 1.29 is 17.9 Å². The highest BCUT2D eigenvalue weighted by atomic mass is 32.2. The second-order valence-electron chi connectivity index (χ2n) is 7.72. The molecular weight excluding hydrogens is 352 g/mol. The maximum atomic E-state index is 13.0. The van der Waals surface area contributed by atoms with Crippen LogP contribution in [0.2, 0.25) is 0 Å². The summed E-state index contributed by atoms with van der Waals surface area (Å²) in [5.74, 6) is 1.60. The van der Waals surface area contributed by atoms with Gasteiger partial charge < -0.3 is 9.64 Å². The number of hydrogen-bond donors (Lipinski definition) is 0. The van der Waals surface area contributed by atoms with Crippen molar-refractivity contribution >= 4 is 15.7 Å². The average molecular weight is 378 g/mol. The lowest BCUT2D eigenvalue weighted by Crippen LogP contribution is -2.52. The first kappa shape index (κ1) is 17.8. The summed E-state index contributed by atoms with van der Waals surface area (Å²) in [5.41, 5.74) is 1.76. The van der Waals surface area contributed by atoms with Gasteiger partial charge in [0, 0.05) is 43.7 Å². The molecule has 0 aromatic heterocycles. The highest BCUT2D eigenvalue weighted by Gasteiger charge is 2.36. The van der Waals surface area contributed by atoms with E-state index in [-0.39, 0.29) is 23.8 Å². The van der Waals surface area contributed by atoms with Crippen LogP contribution in [0.3, 0.4) is 0 Å². The van der Waals surface area contributed by atoms with Gasteiger partial charge in [0.2, 0.25) is 0 Å². The molecule has 0 aliphatic carbocycles. The summed E-state index contributed by atoms with van der Waals surface area (Å²) in [4.78, 5) is 17.1. The fourth-order valence-electron chi connectivity index (χ4n) is 4.28. The summed E-state index contributed by atoms with van der Waals surface area (Å²) in [6.07, 6.45) is 0.798. The number of rotatable bonds is 2. The lowest BCUT2D eigenvalue weighted by molar-refractivity contribution is 0.0583. The van der Waals surface area contributed by atoms with Crippen molar-refractivity contribution in [3.05, 3.63) is 29.3 Å². The van der Waals surface area contributed by atoms with Crippen LogP contribution in [0.1, 0.15) is 42.1 Å². The number of hydrogen-bond acceptors (Lipinski definition) is 5. The Hall–Kier alpha value is -1.60. The number of sulfone groups is 1. The summed E-state index contributed by atoms with van der Waals surface area (Å²) < 4.78 is 29.4. The summed E-state index contributed by atoms with van der Waals surface area (Å²) >= 11 is 0. The van der Waals surface area contributed by atoms with Crippen LogP contribution in [0.4, 0.5) is 0 Å². The normalized spacial score (nSPS) is 30.8. The van der Waals surface area contributed by atoms with Crippen LogP contribution in [0.25, 0.3) is 0 Å². The summed E-state index contributed by atoms with van der Waals surface area (Å²) in [6.45, 7) is 6.88. The molecule has 1 amide bonds. The SMILES string of the molecule is CC1Oc2c(C(=O)N3CCN(C4CCS(=O)(=O)C4)CC3)cccc2C1C. The van der Waals surface area contributed by atoms with Crippen molar-refractivity contribution in [1.29, 1.82) is 0 Å². The number of fused-ring (bicyclic) bond motifs is 1. The molecule has 0 spiro atoms. The van der Waals surface area contributed by atoms with Gasteiger partial charge in [0.15, 0.2) is 9.84 Å². The number of carbonyl (C=O) groups is 1. The van der Waals surface area contributed by atoms with Gasteiger partial charge in [0.1, 0.15) is 11.9 Å². The molecular formula is C19H26N2O4S. The van der Waals surface area contributed by atoms with E-state index >= 15 is 0 Å². The molecule has 142 valence electrons. The Morgan fingerprint density at radius 2 is 1.88 bits per heavy atom. The number of ether oxygens (including phenoxy) is 1. The molecule has 3 aliphatic heterocycles. The fraction of sp³-hybridized carbons (Fsp3) is 0.632. The Labute approximate surface area is 155 Å². The molecule has 3 aliphatic rings. The second-order valence-corrected chi connectivity index (χ2v) is 9.95. The molecule has 0 saturated carbocycles. The van der Waals surface area contributed by atoms with Crippen molar-refractivity contribution in [1.82, 2.24) is 9.80 Å². The van der Waals surface area contributed by atoms with Gasteiger partial charge >= 0.3 is 0 Å². The fourth-order valence-corrected chi connectivity index (χ4v) is 6.04. The van der Waals surface area contributed by atoms with Gasteiger partial charge in [0.05, 0.1) is 17.1 Å². The first-order chi connectivity index (χ1) is 12.4. The van der Waals surface area contributed by atoms with E-state index in [1.54, 1.807) is 0 Å². The third-order valence-electron chi connectivity index (χ3n) is 6.10. The quantitative estimate of drug-likeness (QED) is 0.781. The number of nitrogens with zero attached hydrogens (tertiary/aromatic N) is 2. The minimum absolute atomic E-state index is 0.0156. The molecule has 1 aromatic carbocycles. The number of carbonyl (C=O) groups excluding carboxylic acids is 1. The van der Waals surface area contributed by atoms with E-state index < -0.39 is 9.84 Å². The highest BCUT2D eigenvalue weighted by Crippen LogP contribution is 2.40. The zero-order valence-corrected chi connectivity index (χ0v) is 16.2. The number of para-hydroxylation sites is 1. The van der Waals surface area contributed by atoms with E-state index in [0.29, 0.717) is 36.7 Å². The molecule has 3 heterocycles. The maximum absolute atomic E-state index is 13.0. The first-order valence-corrected chi connectivity index (χ1v) is 11.2. The molecule has 6 nitrogen and oxygen atoms in total. The van der Waals surface area contributed by atoms with Crippen LogP contribution in [-0.4, -0.2) is 74.0 Å². The van der Waals surface area contributed by atoms with Crippen molar-refractivity contribution in [2.45, 2.75) is 38.3 Å². The first-order valence-electron chi connectivity index (χ1n) is 9.39. The van der Waals surface area contributed by atoms with Crippen LogP contribution < -0.4 is 4.74 Å². The minimum Gasteiger partial charge on any atom is -0.489 e. The predicted octanol–water partition coefficient (Wildman–Crippen LogP) is 1.52. The van der Waals surface area contributed by atoms with Crippen LogP contribution in [0.15, 0.2) is 18.2 Å². The van der Waals surface area contributed by atoms with Gasteiger partial charge in [-0.15, -0.1) is 0 Å². The van der Waals surface area contributed by atoms with E-state index in [9.17, 15) is 13.2 Å². The van der Waals surface area contributed by atoms with Gasteiger partial charge in [-0.25, -0.2) is 8.42 Å². The van der Waals surface area contributed by atoms with E-state index in [2.05, 4.69) is 11.8 Å². The van der Waals surface area contributed by atoms with E-state index in [4.69, 9.17) is 4.74 Å². The summed E-state index contributed by atoms with van der Waals surface area (Å²) in [5, 5.41) is 0. The van der Waals surface area contributed by atoms with Crippen LogP contribution in [0.5, 0.6) is 5.75 Å². The van der Waals surface area contributed by atoms with Gasteiger partial charge in [-0.05, 0) is 19.4 Å². The highest BCUT2D eigenvalue weighted by molar-refractivity contribution is 7.91. The van der Waals surface area contributed by atoms with Crippen molar-refractivity contribution in [2.75, 3.05) is 37.7 Å². The topological polar surface area (TPSA) is 66.9 Å². The Bertz CT molecular complexity index is 815. The van der Waals surface area contributed by atoms with Gasteiger partial charge in [-0.2, -0.15) is 0 Å². The largest absolute Gasteiger partial charge is 0.489 e. The third-order valence-corrected chi connectivity index (χ3v) is 7.85. The Kier molecular flexibility index (Phi) is 4.47. The lowest BCUT2D eigenvalue weighted by Gasteiger charge is -2.37. The molecule has 0 N–H and O–H groups in total. The number of piperazine rings is 1. The van der Waals surface area contributed by atoms with E-state index in [1.807, 2.05) is 30.0 Å². The van der Waals surface area contributed by atoms with Crippen molar-refractivity contribution in [3.8, 4) is 5.75 Å². The third kappa shape index (κ3) is 3.11. The molecule has 2 fully saturated rings. The van der Waals surface area contributed by atoms with E-state index in [0.717, 1.165) is 24.4 Å². The molecule has 3 unspecified atom stereocenters. The molecule has 26 heavy (non-hydrogen) atoms. The molecule has 3 atom stereocenters. The molecule has 2 saturated heterocycles. The Morgan fingerprint density at radius 3 is 2.54 bits per heavy atom. The molecule has 0 radical (unpaired) electrons. The maximum Gasteiger partial charge on any atom is 0.257 e. The molecule has 0 bridgehead atoms. The zero-order chi connectivity index (χ0) is 18.5. The second kappa shape index (κ2) is 6.53.